The molecule has 2 aliphatic rings. The lowest BCUT2D eigenvalue weighted by Gasteiger charge is -2.44. The molecule has 0 fully saturated rings. The summed E-state index contributed by atoms with van der Waals surface area (Å²) in [5.41, 5.74) is 8.05. The lowest BCUT2D eigenvalue weighted by atomic mass is 9.77. The predicted molar refractivity (Wildman–Crippen MR) is 160 cm³/mol. The van der Waals surface area contributed by atoms with Gasteiger partial charge in [0.2, 0.25) is 15.4 Å². The van der Waals surface area contributed by atoms with E-state index < -0.39 is 15.4 Å². The Balaban J connectivity index is 1.72. The largest absolute Gasteiger partial charge is 0.471 e. The first-order chi connectivity index (χ1) is 19.1. The molecule has 6 nitrogen and oxygen atoms in total. The van der Waals surface area contributed by atoms with Crippen molar-refractivity contribution in [1.82, 2.24) is 4.40 Å². The summed E-state index contributed by atoms with van der Waals surface area (Å²) in [6.07, 6.45) is 2.05. The number of ether oxygens (including phenoxy) is 1. The van der Waals surface area contributed by atoms with E-state index in [0.29, 0.717) is 11.1 Å². The van der Waals surface area contributed by atoms with Gasteiger partial charge in [0.05, 0.1) is 15.5 Å². The second-order valence-corrected chi connectivity index (χ2v) is 13.1. The minimum atomic E-state index is -3.86. The number of pyridine rings is 1. The van der Waals surface area contributed by atoms with Gasteiger partial charge in [0.15, 0.2) is 0 Å². The lowest BCUT2D eigenvalue weighted by Crippen LogP contribution is -2.44. The first-order valence-electron chi connectivity index (χ1n) is 13.3. The SMILES string of the molecule is Cc1ccc2c(c1)-c1c(C)c3ccccn3c1C1(O2)c2ccc(N(C)C)cc2S(=O)(=O)c2cc(N(C)C)ccc21. The van der Waals surface area contributed by atoms with E-state index in [9.17, 15) is 8.42 Å². The third-order valence-corrected chi connectivity index (χ3v) is 10.2. The number of hydrogen-bond acceptors (Lipinski definition) is 5. The molecule has 0 aliphatic carbocycles. The molecule has 0 saturated carbocycles. The summed E-state index contributed by atoms with van der Waals surface area (Å²) in [6, 6.07) is 23.8. The smallest absolute Gasteiger partial charge is 0.207 e. The van der Waals surface area contributed by atoms with Crippen LogP contribution < -0.4 is 14.5 Å². The quantitative estimate of drug-likeness (QED) is 0.263. The average molecular weight is 550 g/mol. The Kier molecular flexibility index (Phi) is 5.05. The third kappa shape index (κ3) is 3.07. The fraction of sp³-hybridized carbons (Fsp3) is 0.212. The second-order valence-electron chi connectivity index (χ2n) is 11.2. The highest BCUT2D eigenvalue weighted by molar-refractivity contribution is 7.91. The van der Waals surface area contributed by atoms with Gasteiger partial charge in [-0.25, -0.2) is 8.42 Å². The van der Waals surface area contributed by atoms with E-state index in [1.807, 2.05) is 86.5 Å². The summed E-state index contributed by atoms with van der Waals surface area (Å²) in [6.45, 7) is 4.23. The number of aromatic nitrogens is 1. The van der Waals surface area contributed by atoms with Crippen LogP contribution in [0, 0.1) is 13.8 Å². The van der Waals surface area contributed by atoms with E-state index >= 15 is 0 Å². The highest BCUT2D eigenvalue weighted by atomic mass is 32.2. The molecule has 2 aliphatic heterocycles. The van der Waals surface area contributed by atoms with Crippen molar-refractivity contribution >= 4 is 26.7 Å². The first kappa shape index (κ1) is 24.8. The van der Waals surface area contributed by atoms with Gasteiger partial charge >= 0.3 is 0 Å². The molecular formula is C33H31N3O3S. The minimum absolute atomic E-state index is 0.271. The minimum Gasteiger partial charge on any atom is -0.471 e. The van der Waals surface area contributed by atoms with Crippen molar-refractivity contribution in [1.29, 1.82) is 0 Å². The van der Waals surface area contributed by atoms with Crippen molar-refractivity contribution in [3.05, 3.63) is 107 Å². The van der Waals surface area contributed by atoms with E-state index in [4.69, 9.17) is 4.74 Å². The highest BCUT2D eigenvalue weighted by Crippen LogP contribution is 2.58. The number of rotatable bonds is 2. The number of anilines is 2. The molecule has 40 heavy (non-hydrogen) atoms. The number of aryl methyl sites for hydroxylation is 2. The molecule has 7 rings (SSSR count). The number of hydrogen-bond donors (Lipinski definition) is 0. The molecule has 2 aromatic heterocycles. The Morgan fingerprint density at radius 3 is 2.00 bits per heavy atom. The van der Waals surface area contributed by atoms with Crippen LogP contribution in [0.5, 0.6) is 5.75 Å². The molecule has 5 aromatic rings. The Hall–Kier alpha value is -4.23. The zero-order chi connectivity index (χ0) is 28.1. The van der Waals surface area contributed by atoms with Crippen LogP contribution in [0.2, 0.25) is 0 Å². The van der Waals surface area contributed by atoms with Crippen LogP contribution in [-0.4, -0.2) is 41.0 Å². The maximum Gasteiger partial charge on any atom is 0.207 e. The number of sulfone groups is 1. The van der Waals surface area contributed by atoms with Crippen LogP contribution in [0.15, 0.2) is 88.8 Å². The molecule has 0 radical (unpaired) electrons. The topological polar surface area (TPSA) is 54.3 Å². The van der Waals surface area contributed by atoms with Gasteiger partial charge < -0.3 is 18.9 Å². The third-order valence-electron chi connectivity index (χ3n) is 8.40. The summed E-state index contributed by atoms with van der Waals surface area (Å²) in [5, 5.41) is 0. The van der Waals surface area contributed by atoms with Crippen LogP contribution in [0.1, 0.15) is 27.9 Å². The van der Waals surface area contributed by atoms with Crippen LogP contribution >= 0.6 is 0 Å². The normalized spacial score (nSPS) is 15.6. The van der Waals surface area contributed by atoms with E-state index in [-0.39, 0.29) is 9.79 Å². The first-order valence-corrected chi connectivity index (χ1v) is 14.8. The molecule has 1 spiro atoms. The van der Waals surface area contributed by atoms with Gasteiger partial charge in [-0.1, -0.05) is 29.8 Å². The zero-order valence-corrected chi connectivity index (χ0v) is 24.3. The van der Waals surface area contributed by atoms with Crippen molar-refractivity contribution in [2.24, 2.45) is 0 Å². The van der Waals surface area contributed by atoms with E-state index in [1.54, 1.807) is 12.1 Å². The van der Waals surface area contributed by atoms with Gasteiger partial charge in [0.1, 0.15) is 5.75 Å². The Labute approximate surface area is 235 Å². The van der Waals surface area contributed by atoms with Crippen LogP contribution in [0.25, 0.3) is 16.6 Å². The summed E-state index contributed by atoms with van der Waals surface area (Å²) in [5.74, 6) is 0.738. The van der Waals surface area contributed by atoms with Crippen molar-refractivity contribution in [3.63, 3.8) is 0 Å². The number of benzene rings is 3. The van der Waals surface area contributed by atoms with Crippen LogP contribution in [0.4, 0.5) is 11.4 Å². The van der Waals surface area contributed by atoms with E-state index in [2.05, 4.69) is 36.6 Å². The maximum absolute atomic E-state index is 14.4. The summed E-state index contributed by atoms with van der Waals surface area (Å²) < 4.78 is 38.3. The molecule has 202 valence electrons. The molecule has 0 amide bonds. The van der Waals surface area contributed by atoms with Crippen molar-refractivity contribution in [3.8, 4) is 16.9 Å². The number of fused-ring (bicyclic) bond motifs is 10. The summed E-state index contributed by atoms with van der Waals surface area (Å²) >= 11 is 0. The van der Waals surface area contributed by atoms with Gasteiger partial charge in [0, 0.05) is 73.5 Å². The van der Waals surface area contributed by atoms with Crippen molar-refractivity contribution in [2.45, 2.75) is 29.2 Å². The highest BCUT2D eigenvalue weighted by Gasteiger charge is 2.55. The maximum atomic E-state index is 14.4. The molecule has 0 bridgehead atoms. The van der Waals surface area contributed by atoms with Crippen molar-refractivity contribution in [2.75, 3.05) is 38.0 Å². The standard InChI is InChI=1S/C33H31N3O3S/c1-20-10-15-28-24(17-20)31-21(2)27-9-7-8-16-36(27)32(31)33(39-28)25-13-11-22(34(3)4)18-29(25)40(37,38)30-19-23(35(5)6)12-14-26(30)33/h7-19H,1-6H3. The summed E-state index contributed by atoms with van der Waals surface area (Å²) in [4.78, 5) is 4.39. The number of nitrogens with zero attached hydrogens (tertiary/aromatic N) is 3. The fourth-order valence-electron chi connectivity index (χ4n) is 6.42. The molecule has 0 unspecified atom stereocenters. The zero-order valence-electron chi connectivity index (χ0n) is 23.5. The predicted octanol–water partition coefficient (Wildman–Crippen LogP) is 6.19. The Bertz CT molecular complexity index is 1920. The lowest BCUT2D eigenvalue weighted by molar-refractivity contribution is 0.138. The van der Waals surface area contributed by atoms with Gasteiger partial charge in [-0.05, 0) is 67.9 Å². The molecule has 0 atom stereocenters. The molecule has 0 saturated heterocycles. The molecule has 3 aromatic carbocycles. The fourth-order valence-corrected chi connectivity index (χ4v) is 8.21. The van der Waals surface area contributed by atoms with Crippen LogP contribution in [-0.2, 0) is 15.4 Å². The van der Waals surface area contributed by atoms with E-state index in [1.165, 1.54) is 0 Å². The Morgan fingerprint density at radius 2 is 1.40 bits per heavy atom. The van der Waals surface area contributed by atoms with Gasteiger partial charge in [-0.3, -0.25) is 0 Å². The summed E-state index contributed by atoms with van der Waals surface area (Å²) in [7, 11) is 3.81. The van der Waals surface area contributed by atoms with E-state index in [0.717, 1.165) is 50.6 Å². The molecule has 4 heterocycles. The second kappa shape index (κ2) is 8.15. The van der Waals surface area contributed by atoms with Crippen LogP contribution in [0.3, 0.4) is 0 Å². The molecule has 0 N–H and O–H groups in total. The van der Waals surface area contributed by atoms with Gasteiger partial charge in [-0.2, -0.15) is 0 Å². The molecule has 7 heteroatoms. The van der Waals surface area contributed by atoms with Gasteiger partial charge in [0.25, 0.3) is 0 Å². The Morgan fingerprint density at radius 1 is 0.775 bits per heavy atom. The van der Waals surface area contributed by atoms with Gasteiger partial charge in [-0.15, -0.1) is 0 Å². The monoisotopic (exact) mass is 549 g/mol. The van der Waals surface area contributed by atoms with Crippen molar-refractivity contribution < 1.29 is 13.2 Å². The molecular weight excluding hydrogens is 518 g/mol. The average Bonchev–Trinajstić information content (AvgIpc) is 3.25.